The van der Waals surface area contributed by atoms with Crippen LogP contribution in [-0.4, -0.2) is 48.2 Å². The molecular weight excluding hydrogens is 224 g/mol. The van der Waals surface area contributed by atoms with Crippen molar-refractivity contribution in [1.82, 2.24) is 0 Å². The van der Waals surface area contributed by atoms with Crippen molar-refractivity contribution in [3.05, 3.63) is 0 Å². The van der Waals surface area contributed by atoms with Crippen molar-refractivity contribution < 1.29 is 24.1 Å². The molecule has 100 valence electrons. The lowest BCUT2D eigenvalue weighted by Gasteiger charge is -2.23. The largest absolute Gasteiger partial charge is 0.373 e. The zero-order chi connectivity index (χ0) is 12.7. The number of ether oxygens (including phenoxy) is 4. The minimum absolute atomic E-state index is 0.0101. The summed E-state index contributed by atoms with van der Waals surface area (Å²) in [7, 11) is 0. The maximum atomic E-state index is 9.58. The van der Waals surface area contributed by atoms with Crippen LogP contribution in [0.15, 0.2) is 0 Å². The Bertz CT molecular complexity index is 271. The summed E-state index contributed by atoms with van der Waals surface area (Å²) in [4.78, 5) is 0. The summed E-state index contributed by atoms with van der Waals surface area (Å²) in [5, 5.41) is 9.58. The minimum atomic E-state index is -1.12. The van der Waals surface area contributed by atoms with E-state index >= 15 is 0 Å². The summed E-state index contributed by atoms with van der Waals surface area (Å²) in [5.41, 5.74) is 0. The maximum Gasteiger partial charge on any atom is 0.163 e. The standard InChI is InChI=1S/C12H22O5/c1-11(2,13)16-8-5-9(14-6-8)10-7-15-12(3,4)17-10/h8-10,13H,5-7H2,1-4H3/t8?,9-,10?/m0/s1. The second-order valence-corrected chi connectivity index (χ2v) is 5.66. The highest BCUT2D eigenvalue weighted by Crippen LogP contribution is 2.31. The highest BCUT2D eigenvalue weighted by atomic mass is 16.8. The van der Waals surface area contributed by atoms with Crippen LogP contribution in [0.25, 0.3) is 0 Å². The van der Waals surface area contributed by atoms with Crippen molar-refractivity contribution in [2.24, 2.45) is 0 Å². The van der Waals surface area contributed by atoms with Crippen LogP contribution in [0.1, 0.15) is 34.1 Å². The zero-order valence-corrected chi connectivity index (χ0v) is 10.9. The van der Waals surface area contributed by atoms with Crippen molar-refractivity contribution in [1.29, 1.82) is 0 Å². The molecule has 3 atom stereocenters. The van der Waals surface area contributed by atoms with E-state index in [1.165, 1.54) is 0 Å². The Kier molecular flexibility index (Phi) is 3.49. The molecular formula is C12H22O5. The predicted molar refractivity (Wildman–Crippen MR) is 60.4 cm³/mol. The van der Waals surface area contributed by atoms with E-state index in [0.717, 1.165) is 6.42 Å². The van der Waals surface area contributed by atoms with Gasteiger partial charge in [0.25, 0.3) is 0 Å². The molecule has 0 saturated carbocycles. The van der Waals surface area contributed by atoms with Crippen molar-refractivity contribution in [3.8, 4) is 0 Å². The summed E-state index contributed by atoms with van der Waals surface area (Å²) in [6.45, 7) is 8.08. The molecule has 2 aliphatic heterocycles. The van der Waals surface area contributed by atoms with E-state index in [2.05, 4.69) is 0 Å². The fraction of sp³-hybridized carbons (Fsp3) is 1.00. The molecule has 2 heterocycles. The van der Waals surface area contributed by atoms with Crippen LogP contribution in [-0.2, 0) is 18.9 Å². The SMILES string of the molecule is CC(C)(O)OC1CO[C@H](C2COC(C)(C)O2)C1. The Balaban J connectivity index is 1.82. The van der Waals surface area contributed by atoms with Gasteiger partial charge in [0.15, 0.2) is 11.6 Å². The second-order valence-electron chi connectivity index (χ2n) is 5.66. The molecule has 0 aliphatic carbocycles. The van der Waals surface area contributed by atoms with Crippen LogP contribution >= 0.6 is 0 Å². The summed E-state index contributed by atoms with van der Waals surface area (Å²) in [5.74, 6) is -1.64. The van der Waals surface area contributed by atoms with Crippen LogP contribution < -0.4 is 0 Å². The van der Waals surface area contributed by atoms with Crippen LogP contribution in [0.4, 0.5) is 0 Å². The average molecular weight is 246 g/mol. The normalized spacial score (nSPS) is 37.6. The third-order valence-corrected chi connectivity index (χ3v) is 2.89. The van der Waals surface area contributed by atoms with Crippen LogP contribution in [0.3, 0.4) is 0 Å². The first kappa shape index (κ1) is 13.2. The molecule has 0 radical (unpaired) electrons. The molecule has 0 spiro atoms. The molecule has 5 heteroatoms. The molecule has 0 aromatic rings. The molecule has 0 aromatic carbocycles. The van der Waals surface area contributed by atoms with Gasteiger partial charge in [0.05, 0.1) is 25.4 Å². The highest BCUT2D eigenvalue weighted by Gasteiger charge is 2.42. The van der Waals surface area contributed by atoms with E-state index in [9.17, 15) is 5.11 Å². The van der Waals surface area contributed by atoms with Crippen molar-refractivity contribution in [3.63, 3.8) is 0 Å². The van der Waals surface area contributed by atoms with Gasteiger partial charge in [-0.2, -0.15) is 0 Å². The third-order valence-electron chi connectivity index (χ3n) is 2.89. The fourth-order valence-corrected chi connectivity index (χ4v) is 2.27. The second kappa shape index (κ2) is 4.48. The van der Waals surface area contributed by atoms with Gasteiger partial charge in [-0.15, -0.1) is 0 Å². The lowest BCUT2D eigenvalue weighted by atomic mass is 10.1. The Morgan fingerprint density at radius 2 is 1.94 bits per heavy atom. The topological polar surface area (TPSA) is 57.2 Å². The van der Waals surface area contributed by atoms with Crippen molar-refractivity contribution >= 4 is 0 Å². The summed E-state index contributed by atoms with van der Waals surface area (Å²) >= 11 is 0. The summed E-state index contributed by atoms with van der Waals surface area (Å²) < 4.78 is 22.4. The molecule has 5 nitrogen and oxygen atoms in total. The Labute approximate surface area is 102 Å². The predicted octanol–water partition coefficient (Wildman–Crippen LogP) is 1.04. The first-order valence-electron chi connectivity index (χ1n) is 6.09. The molecule has 0 amide bonds. The number of rotatable bonds is 3. The van der Waals surface area contributed by atoms with Gasteiger partial charge in [0.2, 0.25) is 0 Å². The molecule has 2 rings (SSSR count). The van der Waals surface area contributed by atoms with E-state index in [0.29, 0.717) is 13.2 Å². The number of hydrogen-bond donors (Lipinski definition) is 1. The molecule has 2 saturated heterocycles. The van der Waals surface area contributed by atoms with Gasteiger partial charge in [-0.05, 0) is 27.7 Å². The van der Waals surface area contributed by atoms with E-state index in [4.69, 9.17) is 18.9 Å². The molecule has 17 heavy (non-hydrogen) atoms. The maximum absolute atomic E-state index is 9.58. The van der Waals surface area contributed by atoms with Crippen LogP contribution in [0.5, 0.6) is 0 Å². The van der Waals surface area contributed by atoms with Crippen LogP contribution in [0.2, 0.25) is 0 Å². The third kappa shape index (κ3) is 3.63. The van der Waals surface area contributed by atoms with Gasteiger partial charge in [-0.25, -0.2) is 0 Å². The van der Waals surface area contributed by atoms with E-state index in [1.54, 1.807) is 13.8 Å². The number of aliphatic hydroxyl groups is 1. The Morgan fingerprint density at radius 3 is 2.47 bits per heavy atom. The summed E-state index contributed by atoms with van der Waals surface area (Å²) in [6, 6.07) is 0. The van der Waals surface area contributed by atoms with Gasteiger partial charge >= 0.3 is 0 Å². The average Bonchev–Trinajstić information content (AvgIpc) is 2.69. The van der Waals surface area contributed by atoms with Gasteiger partial charge < -0.3 is 24.1 Å². The van der Waals surface area contributed by atoms with Crippen LogP contribution in [0, 0.1) is 0 Å². The van der Waals surface area contributed by atoms with Crippen molar-refractivity contribution in [2.45, 2.75) is 64.0 Å². The van der Waals surface area contributed by atoms with E-state index in [1.807, 2.05) is 13.8 Å². The van der Waals surface area contributed by atoms with Gasteiger partial charge in [-0.3, -0.25) is 0 Å². The quantitative estimate of drug-likeness (QED) is 0.754. The van der Waals surface area contributed by atoms with E-state index < -0.39 is 11.6 Å². The number of hydrogen-bond acceptors (Lipinski definition) is 5. The van der Waals surface area contributed by atoms with E-state index in [-0.39, 0.29) is 18.3 Å². The lowest BCUT2D eigenvalue weighted by molar-refractivity contribution is -0.204. The highest BCUT2D eigenvalue weighted by molar-refractivity contribution is 4.85. The minimum Gasteiger partial charge on any atom is -0.373 e. The lowest BCUT2D eigenvalue weighted by Crippen LogP contribution is -2.32. The molecule has 2 aliphatic rings. The van der Waals surface area contributed by atoms with Crippen molar-refractivity contribution in [2.75, 3.05) is 13.2 Å². The fourth-order valence-electron chi connectivity index (χ4n) is 2.27. The monoisotopic (exact) mass is 246 g/mol. The molecule has 2 unspecified atom stereocenters. The molecule has 2 fully saturated rings. The zero-order valence-electron chi connectivity index (χ0n) is 10.9. The summed E-state index contributed by atoms with van der Waals surface area (Å²) in [6.07, 6.45) is 0.602. The first-order valence-corrected chi connectivity index (χ1v) is 6.09. The van der Waals surface area contributed by atoms with Gasteiger partial charge in [-0.1, -0.05) is 0 Å². The Hall–Kier alpha value is -0.200. The molecule has 0 aromatic heterocycles. The first-order chi connectivity index (χ1) is 7.75. The Morgan fingerprint density at radius 1 is 1.24 bits per heavy atom. The smallest absolute Gasteiger partial charge is 0.163 e. The molecule has 1 N–H and O–H groups in total. The van der Waals surface area contributed by atoms with Gasteiger partial charge in [0.1, 0.15) is 6.10 Å². The van der Waals surface area contributed by atoms with Gasteiger partial charge in [0, 0.05) is 6.42 Å². The molecule has 0 bridgehead atoms.